The van der Waals surface area contributed by atoms with E-state index in [1.54, 1.807) is 0 Å². The number of anilines is 1. The molecule has 0 bridgehead atoms. The quantitative estimate of drug-likeness (QED) is 0.807. The van der Waals surface area contributed by atoms with Crippen LogP contribution >= 0.6 is 0 Å². The van der Waals surface area contributed by atoms with Crippen molar-refractivity contribution in [2.24, 2.45) is 0 Å². The van der Waals surface area contributed by atoms with E-state index in [0.717, 1.165) is 18.6 Å². The fraction of sp³-hybridized carbons (Fsp3) is 0.684. The molecule has 116 valence electrons. The zero-order valence-corrected chi connectivity index (χ0v) is 13.7. The van der Waals surface area contributed by atoms with E-state index >= 15 is 0 Å². The minimum atomic E-state index is 0.738. The smallest absolute Gasteiger partial charge is 0.0396 e. The van der Waals surface area contributed by atoms with E-state index in [9.17, 15) is 0 Å². The summed E-state index contributed by atoms with van der Waals surface area (Å²) in [6.45, 7) is 3.29. The molecule has 2 fully saturated rings. The molecule has 0 heterocycles. The molecule has 0 atom stereocenters. The molecule has 0 aliphatic heterocycles. The zero-order chi connectivity index (χ0) is 14.7. The van der Waals surface area contributed by atoms with Crippen molar-refractivity contribution in [3.8, 4) is 0 Å². The Kier molecular flexibility index (Phi) is 4.84. The van der Waals surface area contributed by atoms with Crippen LogP contribution in [0.2, 0.25) is 0 Å². The Bertz CT molecular complexity index is 457. The molecule has 3 rings (SSSR count). The van der Waals surface area contributed by atoms with Crippen molar-refractivity contribution >= 4 is 5.69 Å². The van der Waals surface area contributed by atoms with E-state index < -0.39 is 0 Å². The first-order valence-electron chi connectivity index (χ1n) is 8.80. The SMILES string of the molecule is Cc1cc(CNC2CC2)ccc1N(C)C1CCCCCC1. The number of aryl methyl sites for hydroxylation is 1. The van der Waals surface area contributed by atoms with Gasteiger partial charge in [0.1, 0.15) is 0 Å². The summed E-state index contributed by atoms with van der Waals surface area (Å²) in [5, 5.41) is 3.61. The Balaban J connectivity index is 1.65. The molecule has 2 aliphatic carbocycles. The van der Waals surface area contributed by atoms with Crippen LogP contribution in [-0.4, -0.2) is 19.1 Å². The lowest BCUT2D eigenvalue weighted by Crippen LogP contribution is -2.31. The second-order valence-corrected chi connectivity index (χ2v) is 7.03. The largest absolute Gasteiger partial charge is 0.371 e. The summed E-state index contributed by atoms with van der Waals surface area (Å²) in [7, 11) is 2.29. The molecule has 1 N–H and O–H groups in total. The Morgan fingerprint density at radius 2 is 1.76 bits per heavy atom. The molecule has 1 aromatic carbocycles. The Morgan fingerprint density at radius 3 is 2.38 bits per heavy atom. The number of nitrogens with zero attached hydrogens (tertiary/aromatic N) is 1. The van der Waals surface area contributed by atoms with Gasteiger partial charge in [-0.15, -0.1) is 0 Å². The highest BCUT2D eigenvalue weighted by molar-refractivity contribution is 5.54. The third-order valence-corrected chi connectivity index (χ3v) is 5.19. The summed E-state index contributed by atoms with van der Waals surface area (Å²) in [6.07, 6.45) is 11.1. The first-order chi connectivity index (χ1) is 10.2. The van der Waals surface area contributed by atoms with Crippen LogP contribution < -0.4 is 10.2 Å². The van der Waals surface area contributed by atoms with Crippen molar-refractivity contribution < 1.29 is 0 Å². The number of hydrogen-bond donors (Lipinski definition) is 1. The fourth-order valence-corrected chi connectivity index (χ4v) is 3.61. The molecular weight excluding hydrogens is 256 g/mol. The van der Waals surface area contributed by atoms with Gasteiger partial charge in [0.15, 0.2) is 0 Å². The van der Waals surface area contributed by atoms with E-state index in [-0.39, 0.29) is 0 Å². The average molecular weight is 286 g/mol. The summed E-state index contributed by atoms with van der Waals surface area (Å²) >= 11 is 0. The normalized spacial score (nSPS) is 20.3. The average Bonchev–Trinajstić information content (AvgIpc) is 3.31. The number of benzene rings is 1. The Hall–Kier alpha value is -1.02. The molecular formula is C19H30N2. The highest BCUT2D eigenvalue weighted by atomic mass is 15.1. The lowest BCUT2D eigenvalue weighted by Gasteiger charge is -2.31. The third kappa shape index (κ3) is 4.00. The third-order valence-electron chi connectivity index (χ3n) is 5.19. The van der Waals surface area contributed by atoms with Crippen LogP contribution in [0, 0.1) is 6.92 Å². The minimum Gasteiger partial charge on any atom is -0.371 e. The zero-order valence-electron chi connectivity index (χ0n) is 13.7. The van der Waals surface area contributed by atoms with Crippen LogP contribution in [0.3, 0.4) is 0 Å². The second-order valence-electron chi connectivity index (χ2n) is 7.03. The van der Waals surface area contributed by atoms with Crippen molar-refractivity contribution in [3.05, 3.63) is 29.3 Å². The summed E-state index contributed by atoms with van der Waals surface area (Å²) < 4.78 is 0. The van der Waals surface area contributed by atoms with Crippen molar-refractivity contribution in [1.82, 2.24) is 5.32 Å². The van der Waals surface area contributed by atoms with Crippen molar-refractivity contribution in [2.75, 3.05) is 11.9 Å². The topological polar surface area (TPSA) is 15.3 Å². The van der Waals surface area contributed by atoms with Crippen LogP contribution in [0.1, 0.15) is 62.5 Å². The van der Waals surface area contributed by atoms with Gasteiger partial charge < -0.3 is 10.2 Å². The first kappa shape index (κ1) is 14.9. The van der Waals surface area contributed by atoms with E-state index in [1.807, 2.05) is 0 Å². The molecule has 21 heavy (non-hydrogen) atoms. The van der Waals surface area contributed by atoms with Crippen molar-refractivity contribution in [1.29, 1.82) is 0 Å². The van der Waals surface area contributed by atoms with Gasteiger partial charge in [-0.05, 0) is 49.8 Å². The highest BCUT2D eigenvalue weighted by Crippen LogP contribution is 2.28. The van der Waals surface area contributed by atoms with Gasteiger partial charge in [0.25, 0.3) is 0 Å². The molecule has 2 aliphatic rings. The maximum absolute atomic E-state index is 3.61. The van der Waals surface area contributed by atoms with E-state index in [4.69, 9.17) is 0 Å². The predicted octanol–water partition coefficient (Wildman–Crippen LogP) is 4.41. The summed E-state index contributed by atoms with van der Waals surface area (Å²) in [4.78, 5) is 2.54. The summed E-state index contributed by atoms with van der Waals surface area (Å²) in [5.74, 6) is 0. The van der Waals surface area contributed by atoms with Gasteiger partial charge in [0, 0.05) is 31.4 Å². The minimum absolute atomic E-state index is 0.738. The molecule has 2 heteroatoms. The second kappa shape index (κ2) is 6.83. The van der Waals surface area contributed by atoms with Gasteiger partial charge in [-0.1, -0.05) is 37.8 Å². The van der Waals surface area contributed by atoms with E-state index in [2.05, 4.69) is 42.4 Å². The molecule has 0 amide bonds. The van der Waals surface area contributed by atoms with Gasteiger partial charge in [-0.2, -0.15) is 0 Å². The first-order valence-corrected chi connectivity index (χ1v) is 8.80. The number of rotatable bonds is 5. The molecule has 2 saturated carbocycles. The fourth-order valence-electron chi connectivity index (χ4n) is 3.61. The molecule has 0 spiro atoms. The van der Waals surface area contributed by atoms with E-state index in [1.165, 1.54) is 68.2 Å². The van der Waals surface area contributed by atoms with Crippen LogP contribution in [0.15, 0.2) is 18.2 Å². The van der Waals surface area contributed by atoms with Crippen LogP contribution in [0.5, 0.6) is 0 Å². The molecule has 0 aromatic heterocycles. The van der Waals surface area contributed by atoms with Crippen LogP contribution in [0.25, 0.3) is 0 Å². The van der Waals surface area contributed by atoms with E-state index in [0.29, 0.717) is 0 Å². The maximum atomic E-state index is 3.61. The summed E-state index contributed by atoms with van der Waals surface area (Å²) in [5.41, 5.74) is 4.28. The monoisotopic (exact) mass is 286 g/mol. The highest BCUT2D eigenvalue weighted by Gasteiger charge is 2.21. The van der Waals surface area contributed by atoms with Crippen LogP contribution in [-0.2, 0) is 6.54 Å². The van der Waals surface area contributed by atoms with Gasteiger partial charge >= 0.3 is 0 Å². The van der Waals surface area contributed by atoms with Gasteiger partial charge in [0.2, 0.25) is 0 Å². The molecule has 0 saturated heterocycles. The standard InChI is InChI=1S/C19H30N2/c1-15-13-16(14-20-17-10-11-17)9-12-19(15)21(2)18-7-5-3-4-6-8-18/h9,12-13,17-18,20H,3-8,10-11,14H2,1-2H3. The van der Waals surface area contributed by atoms with Gasteiger partial charge in [-0.3, -0.25) is 0 Å². The number of hydrogen-bond acceptors (Lipinski definition) is 2. The Morgan fingerprint density at radius 1 is 1.05 bits per heavy atom. The number of nitrogens with one attached hydrogen (secondary N) is 1. The van der Waals surface area contributed by atoms with Crippen molar-refractivity contribution in [3.63, 3.8) is 0 Å². The predicted molar refractivity (Wildman–Crippen MR) is 90.9 cm³/mol. The maximum Gasteiger partial charge on any atom is 0.0396 e. The van der Waals surface area contributed by atoms with Gasteiger partial charge in [0.05, 0.1) is 0 Å². The lowest BCUT2D eigenvalue weighted by atomic mass is 10.0. The summed E-state index contributed by atoms with van der Waals surface area (Å²) in [6, 6.07) is 8.55. The van der Waals surface area contributed by atoms with Crippen molar-refractivity contribution in [2.45, 2.75) is 76.9 Å². The lowest BCUT2D eigenvalue weighted by molar-refractivity contribution is 0.552. The van der Waals surface area contributed by atoms with Gasteiger partial charge in [-0.25, -0.2) is 0 Å². The molecule has 0 unspecified atom stereocenters. The molecule has 2 nitrogen and oxygen atoms in total. The Labute approximate surface area is 129 Å². The molecule has 0 radical (unpaired) electrons. The molecule has 1 aromatic rings. The van der Waals surface area contributed by atoms with Crippen LogP contribution in [0.4, 0.5) is 5.69 Å².